The van der Waals surface area contributed by atoms with Crippen molar-refractivity contribution in [2.24, 2.45) is 0 Å². The molecule has 114 valence electrons. The highest BCUT2D eigenvalue weighted by Crippen LogP contribution is 2.43. The topological polar surface area (TPSA) is 20.3 Å². The summed E-state index contributed by atoms with van der Waals surface area (Å²) >= 11 is 13.3. The first-order valence-electron chi connectivity index (χ1n) is 6.30. The second-order valence-corrected chi connectivity index (χ2v) is 6.67. The molecule has 22 heavy (non-hydrogen) atoms. The maximum Gasteiger partial charge on any atom is 0.238 e. The van der Waals surface area contributed by atoms with E-state index in [-0.39, 0.29) is 11.7 Å². The second kappa shape index (κ2) is 6.07. The molecule has 1 aliphatic rings. The number of anilines is 1. The highest BCUT2D eigenvalue weighted by Gasteiger charge is 2.34. The first-order valence-corrected chi connectivity index (χ1v) is 8.11. The number of thioether (sulfide) groups is 1. The third-order valence-corrected chi connectivity index (χ3v) is 4.87. The van der Waals surface area contributed by atoms with E-state index in [0.717, 1.165) is 12.1 Å². The van der Waals surface area contributed by atoms with Crippen LogP contribution in [0.1, 0.15) is 10.9 Å². The number of rotatable bonds is 2. The second-order valence-electron chi connectivity index (χ2n) is 4.73. The molecule has 1 amide bonds. The lowest BCUT2D eigenvalue weighted by atomic mass is 10.1. The SMILES string of the molecule is O=C1CS[C@@H](c2ccc(F)c(F)c2)N1c1cc(Cl)cc(Cl)c1. The highest BCUT2D eigenvalue weighted by atomic mass is 35.5. The number of hydrogen-bond acceptors (Lipinski definition) is 2. The predicted octanol–water partition coefficient (Wildman–Crippen LogP) is 5.05. The van der Waals surface area contributed by atoms with Crippen LogP contribution in [0.25, 0.3) is 0 Å². The summed E-state index contributed by atoms with van der Waals surface area (Å²) in [5.41, 5.74) is 1.04. The van der Waals surface area contributed by atoms with Crippen LogP contribution in [0, 0.1) is 11.6 Å². The molecule has 1 saturated heterocycles. The van der Waals surface area contributed by atoms with Crippen LogP contribution >= 0.6 is 35.0 Å². The molecule has 1 fully saturated rings. The number of hydrogen-bond donors (Lipinski definition) is 0. The third-order valence-electron chi connectivity index (χ3n) is 3.22. The Morgan fingerprint density at radius 3 is 2.36 bits per heavy atom. The van der Waals surface area contributed by atoms with Crippen molar-refractivity contribution in [3.63, 3.8) is 0 Å². The Morgan fingerprint density at radius 1 is 1.05 bits per heavy atom. The van der Waals surface area contributed by atoms with E-state index >= 15 is 0 Å². The van der Waals surface area contributed by atoms with Gasteiger partial charge in [-0.1, -0.05) is 29.3 Å². The molecular formula is C15H9Cl2F2NOS. The monoisotopic (exact) mass is 359 g/mol. The minimum atomic E-state index is -0.943. The average Bonchev–Trinajstić information content (AvgIpc) is 2.82. The van der Waals surface area contributed by atoms with Crippen molar-refractivity contribution in [2.75, 3.05) is 10.7 Å². The Labute approximate surface area is 140 Å². The first-order chi connectivity index (χ1) is 10.5. The van der Waals surface area contributed by atoms with Gasteiger partial charge in [-0.05, 0) is 35.9 Å². The van der Waals surface area contributed by atoms with Crippen molar-refractivity contribution in [1.82, 2.24) is 0 Å². The minimum Gasteiger partial charge on any atom is -0.295 e. The Bertz CT molecular complexity index is 736. The number of nitrogens with zero attached hydrogens (tertiary/aromatic N) is 1. The molecule has 1 atom stereocenters. The van der Waals surface area contributed by atoms with Crippen molar-refractivity contribution >= 4 is 46.6 Å². The van der Waals surface area contributed by atoms with Gasteiger partial charge in [-0.15, -0.1) is 11.8 Å². The lowest BCUT2D eigenvalue weighted by molar-refractivity contribution is -0.115. The maximum atomic E-state index is 13.5. The smallest absolute Gasteiger partial charge is 0.238 e. The van der Waals surface area contributed by atoms with Gasteiger partial charge in [0.15, 0.2) is 11.6 Å². The first kappa shape index (κ1) is 15.6. The number of carbonyl (C=O) groups is 1. The fourth-order valence-corrected chi connectivity index (χ4v) is 3.98. The zero-order valence-electron chi connectivity index (χ0n) is 11.0. The van der Waals surface area contributed by atoms with Gasteiger partial charge in [0.05, 0.1) is 5.75 Å². The van der Waals surface area contributed by atoms with Crippen molar-refractivity contribution in [1.29, 1.82) is 0 Å². The van der Waals surface area contributed by atoms with Crippen molar-refractivity contribution < 1.29 is 13.6 Å². The molecule has 1 heterocycles. The van der Waals surface area contributed by atoms with Gasteiger partial charge in [-0.3, -0.25) is 9.69 Å². The zero-order chi connectivity index (χ0) is 15.9. The van der Waals surface area contributed by atoms with Crippen LogP contribution in [0.2, 0.25) is 10.0 Å². The normalized spacial score (nSPS) is 18.1. The van der Waals surface area contributed by atoms with Gasteiger partial charge in [0.2, 0.25) is 5.91 Å². The third kappa shape index (κ3) is 2.93. The van der Waals surface area contributed by atoms with E-state index < -0.39 is 17.0 Å². The summed E-state index contributed by atoms with van der Waals surface area (Å²) in [4.78, 5) is 13.7. The van der Waals surface area contributed by atoms with Crippen LogP contribution in [0.5, 0.6) is 0 Å². The van der Waals surface area contributed by atoms with Crippen molar-refractivity contribution in [3.8, 4) is 0 Å². The molecule has 2 aromatic rings. The highest BCUT2D eigenvalue weighted by molar-refractivity contribution is 8.00. The molecule has 0 unspecified atom stereocenters. The van der Waals surface area contributed by atoms with Gasteiger partial charge in [-0.2, -0.15) is 0 Å². The van der Waals surface area contributed by atoms with E-state index in [9.17, 15) is 13.6 Å². The van der Waals surface area contributed by atoms with Crippen LogP contribution in [-0.2, 0) is 4.79 Å². The zero-order valence-corrected chi connectivity index (χ0v) is 13.4. The number of benzene rings is 2. The maximum absolute atomic E-state index is 13.5. The molecule has 2 nitrogen and oxygen atoms in total. The largest absolute Gasteiger partial charge is 0.295 e. The van der Waals surface area contributed by atoms with Gasteiger partial charge < -0.3 is 0 Å². The van der Waals surface area contributed by atoms with E-state index in [1.54, 1.807) is 18.2 Å². The summed E-state index contributed by atoms with van der Waals surface area (Å²) in [6, 6.07) is 8.41. The fraction of sp³-hybridized carbons (Fsp3) is 0.133. The van der Waals surface area contributed by atoms with Gasteiger partial charge in [0, 0.05) is 15.7 Å². The summed E-state index contributed by atoms with van der Waals surface area (Å²) in [5, 5.41) is 0.351. The van der Waals surface area contributed by atoms with Crippen LogP contribution in [0.3, 0.4) is 0 Å². The van der Waals surface area contributed by atoms with E-state index in [4.69, 9.17) is 23.2 Å². The molecule has 3 rings (SSSR count). The number of amides is 1. The summed E-state index contributed by atoms with van der Waals surface area (Å²) in [6.07, 6.45) is 0. The lowest BCUT2D eigenvalue weighted by Crippen LogP contribution is -2.27. The van der Waals surface area contributed by atoms with Crippen molar-refractivity contribution in [3.05, 3.63) is 63.6 Å². The lowest BCUT2D eigenvalue weighted by Gasteiger charge is -2.24. The molecule has 0 aromatic heterocycles. The quantitative estimate of drug-likeness (QED) is 0.747. The van der Waals surface area contributed by atoms with Gasteiger partial charge in [0.1, 0.15) is 5.37 Å². The fourth-order valence-electron chi connectivity index (χ4n) is 2.29. The molecule has 0 radical (unpaired) electrons. The summed E-state index contributed by atoms with van der Waals surface area (Å²) < 4.78 is 26.5. The molecule has 0 bridgehead atoms. The molecule has 0 saturated carbocycles. The molecule has 0 aliphatic carbocycles. The summed E-state index contributed by atoms with van der Waals surface area (Å²) in [7, 11) is 0. The van der Waals surface area contributed by atoms with E-state index in [1.807, 2.05) is 0 Å². The average molecular weight is 360 g/mol. The Kier molecular flexibility index (Phi) is 4.30. The van der Waals surface area contributed by atoms with Gasteiger partial charge in [0.25, 0.3) is 0 Å². The molecule has 0 N–H and O–H groups in total. The summed E-state index contributed by atoms with van der Waals surface area (Å²) in [5.74, 6) is -1.76. The van der Waals surface area contributed by atoms with Crippen molar-refractivity contribution in [2.45, 2.75) is 5.37 Å². The predicted molar refractivity (Wildman–Crippen MR) is 85.5 cm³/mol. The standard InChI is InChI=1S/C15H9Cl2F2NOS/c16-9-4-10(17)6-11(5-9)20-14(21)7-22-15(20)8-1-2-12(18)13(19)3-8/h1-6,15H,7H2/t15-/m0/s1. The van der Waals surface area contributed by atoms with Crippen LogP contribution < -0.4 is 4.90 Å². The summed E-state index contributed by atoms with van der Waals surface area (Å²) in [6.45, 7) is 0. The van der Waals surface area contributed by atoms with E-state index in [0.29, 0.717) is 21.3 Å². The Hall–Kier alpha value is -1.30. The number of carbonyl (C=O) groups excluding carboxylic acids is 1. The Morgan fingerprint density at radius 2 is 1.73 bits per heavy atom. The van der Waals surface area contributed by atoms with Crippen LogP contribution in [0.4, 0.5) is 14.5 Å². The molecule has 1 aliphatic heterocycles. The Balaban J connectivity index is 2.03. The van der Waals surface area contributed by atoms with E-state index in [1.165, 1.54) is 22.7 Å². The van der Waals surface area contributed by atoms with Gasteiger partial charge >= 0.3 is 0 Å². The number of halogens is 4. The molecule has 7 heteroatoms. The van der Waals surface area contributed by atoms with Crippen LogP contribution in [0.15, 0.2) is 36.4 Å². The molecule has 2 aromatic carbocycles. The van der Waals surface area contributed by atoms with E-state index in [2.05, 4.69) is 0 Å². The minimum absolute atomic E-state index is 0.141. The van der Waals surface area contributed by atoms with Crippen LogP contribution in [-0.4, -0.2) is 11.7 Å². The molecule has 0 spiro atoms. The van der Waals surface area contributed by atoms with Gasteiger partial charge in [-0.25, -0.2) is 8.78 Å². The molecular weight excluding hydrogens is 351 g/mol.